The van der Waals surface area contributed by atoms with Gasteiger partial charge in [-0.25, -0.2) is 4.39 Å². The normalized spacial score (nSPS) is 11.6. The van der Waals surface area contributed by atoms with E-state index in [0.29, 0.717) is 5.56 Å². The summed E-state index contributed by atoms with van der Waals surface area (Å²) < 4.78 is 31.4. The van der Waals surface area contributed by atoms with Crippen LogP contribution in [-0.4, -0.2) is 17.8 Å². The zero-order chi connectivity index (χ0) is 12.5. The molecule has 0 unspecified atom stereocenters. The van der Waals surface area contributed by atoms with E-state index in [2.05, 4.69) is 0 Å². The Morgan fingerprint density at radius 2 is 2.00 bits per heavy atom. The largest absolute Gasteiger partial charge is 0.503 e. The van der Waals surface area contributed by atoms with Gasteiger partial charge in [-0.1, -0.05) is 0 Å². The van der Waals surface area contributed by atoms with Gasteiger partial charge >= 0.3 is 0 Å². The fraction of sp³-hybridized carbons (Fsp3) is 0.455. The van der Waals surface area contributed by atoms with E-state index < -0.39 is 22.9 Å². The Labute approximate surface area is 92.8 Å². The quantitative estimate of drug-likeness (QED) is 0.836. The number of nitrogens with two attached hydrogens (primary N) is 1. The number of benzene rings is 1. The van der Waals surface area contributed by atoms with Crippen LogP contribution in [-0.2, 0) is 6.42 Å². The van der Waals surface area contributed by atoms with Crippen molar-refractivity contribution < 1.29 is 18.6 Å². The fourth-order valence-electron chi connectivity index (χ4n) is 1.48. The first-order valence-corrected chi connectivity index (χ1v) is 4.79. The van der Waals surface area contributed by atoms with Crippen LogP contribution in [0.25, 0.3) is 0 Å². The van der Waals surface area contributed by atoms with Gasteiger partial charge < -0.3 is 15.6 Å². The van der Waals surface area contributed by atoms with E-state index in [0.717, 1.165) is 6.07 Å². The van der Waals surface area contributed by atoms with Crippen LogP contribution in [0.15, 0.2) is 6.07 Å². The molecule has 0 heterocycles. The highest BCUT2D eigenvalue weighted by Gasteiger charge is 2.22. The molecule has 0 amide bonds. The third-order valence-electron chi connectivity index (χ3n) is 2.08. The molecule has 0 saturated carbocycles. The minimum Gasteiger partial charge on any atom is -0.503 e. The van der Waals surface area contributed by atoms with Crippen molar-refractivity contribution in [1.82, 2.24) is 0 Å². The van der Waals surface area contributed by atoms with Gasteiger partial charge in [0.15, 0.2) is 17.3 Å². The molecule has 0 bridgehead atoms. The second kappa shape index (κ2) is 4.25. The predicted molar refractivity (Wildman–Crippen MR) is 56.5 cm³/mol. The lowest BCUT2D eigenvalue weighted by Crippen LogP contribution is -2.34. The fourth-order valence-corrected chi connectivity index (χ4v) is 1.48. The van der Waals surface area contributed by atoms with Crippen molar-refractivity contribution in [3.8, 4) is 11.5 Å². The number of rotatable bonds is 3. The van der Waals surface area contributed by atoms with Crippen LogP contribution in [0.2, 0.25) is 0 Å². The highest BCUT2D eigenvalue weighted by molar-refractivity contribution is 5.43. The standard InChI is InChI=1S/C11H15F2NO2/c1-11(2,14)5-6-4-7(12)9(15)8(13)10(6)16-3/h4,15H,5,14H2,1-3H3. The summed E-state index contributed by atoms with van der Waals surface area (Å²) in [7, 11) is 1.25. The molecule has 0 spiro atoms. The molecule has 5 heteroatoms. The lowest BCUT2D eigenvalue weighted by Gasteiger charge is -2.20. The smallest absolute Gasteiger partial charge is 0.209 e. The van der Waals surface area contributed by atoms with E-state index in [1.807, 2.05) is 0 Å². The van der Waals surface area contributed by atoms with Gasteiger partial charge in [-0.15, -0.1) is 0 Å². The summed E-state index contributed by atoms with van der Waals surface area (Å²) in [6, 6.07) is 1.03. The van der Waals surface area contributed by atoms with Gasteiger partial charge in [0.2, 0.25) is 5.82 Å². The predicted octanol–water partition coefficient (Wildman–Crippen LogP) is 1.96. The zero-order valence-electron chi connectivity index (χ0n) is 9.47. The van der Waals surface area contributed by atoms with Crippen molar-refractivity contribution >= 4 is 0 Å². The molecular formula is C11H15F2NO2. The second-order valence-corrected chi connectivity index (χ2v) is 4.38. The monoisotopic (exact) mass is 231 g/mol. The van der Waals surface area contributed by atoms with Crippen molar-refractivity contribution in [2.45, 2.75) is 25.8 Å². The Morgan fingerprint density at radius 1 is 1.44 bits per heavy atom. The van der Waals surface area contributed by atoms with Gasteiger partial charge in [-0.05, 0) is 26.3 Å². The Hall–Kier alpha value is -1.36. The van der Waals surface area contributed by atoms with Crippen LogP contribution in [0.5, 0.6) is 11.5 Å². The number of methoxy groups -OCH3 is 1. The van der Waals surface area contributed by atoms with Crippen LogP contribution in [0, 0.1) is 11.6 Å². The third-order valence-corrected chi connectivity index (χ3v) is 2.08. The maximum absolute atomic E-state index is 13.4. The molecule has 0 aliphatic carbocycles. The Balaban J connectivity index is 3.28. The van der Waals surface area contributed by atoms with E-state index in [1.165, 1.54) is 7.11 Å². The van der Waals surface area contributed by atoms with Gasteiger partial charge in [0.25, 0.3) is 0 Å². The van der Waals surface area contributed by atoms with Gasteiger partial charge in [0, 0.05) is 11.1 Å². The number of phenols is 1. The lowest BCUT2D eigenvalue weighted by atomic mass is 9.95. The number of aromatic hydroxyl groups is 1. The molecule has 0 radical (unpaired) electrons. The molecule has 90 valence electrons. The molecule has 16 heavy (non-hydrogen) atoms. The van der Waals surface area contributed by atoms with E-state index in [4.69, 9.17) is 15.6 Å². The van der Waals surface area contributed by atoms with Crippen LogP contribution in [0.3, 0.4) is 0 Å². The summed E-state index contributed by atoms with van der Waals surface area (Å²) >= 11 is 0. The Kier molecular flexibility index (Phi) is 3.38. The van der Waals surface area contributed by atoms with E-state index in [1.54, 1.807) is 13.8 Å². The molecule has 3 nitrogen and oxygen atoms in total. The van der Waals surface area contributed by atoms with E-state index in [9.17, 15) is 8.78 Å². The molecule has 3 N–H and O–H groups in total. The van der Waals surface area contributed by atoms with Crippen LogP contribution in [0.4, 0.5) is 8.78 Å². The molecule has 0 atom stereocenters. The summed E-state index contributed by atoms with van der Waals surface area (Å²) in [4.78, 5) is 0. The average molecular weight is 231 g/mol. The molecule has 0 aromatic heterocycles. The highest BCUT2D eigenvalue weighted by atomic mass is 19.1. The molecular weight excluding hydrogens is 216 g/mol. The van der Waals surface area contributed by atoms with Crippen molar-refractivity contribution in [1.29, 1.82) is 0 Å². The molecule has 1 aromatic carbocycles. The van der Waals surface area contributed by atoms with Gasteiger partial charge in [-0.2, -0.15) is 4.39 Å². The molecule has 0 aliphatic rings. The number of hydrogen-bond acceptors (Lipinski definition) is 3. The summed E-state index contributed by atoms with van der Waals surface area (Å²) in [6.07, 6.45) is 0.240. The molecule has 1 aromatic rings. The molecule has 0 saturated heterocycles. The van der Waals surface area contributed by atoms with Crippen molar-refractivity contribution in [3.63, 3.8) is 0 Å². The van der Waals surface area contributed by atoms with Crippen molar-refractivity contribution in [3.05, 3.63) is 23.3 Å². The maximum atomic E-state index is 13.4. The van der Waals surface area contributed by atoms with Crippen LogP contribution < -0.4 is 10.5 Å². The first kappa shape index (κ1) is 12.7. The topological polar surface area (TPSA) is 55.5 Å². The van der Waals surface area contributed by atoms with Gasteiger partial charge in [-0.3, -0.25) is 0 Å². The maximum Gasteiger partial charge on any atom is 0.209 e. The summed E-state index contributed by atoms with van der Waals surface area (Å²) in [5.74, 6) is -3.31. The van der Waals surface area contributed by atoms with Crippen LogP contribution >= 0.6 is 0 Å². The first-order valence-electron chi connectivity index (χ1n) is 4.79. The average Bonchev–Trinajstić information content (AvgIpc) is 2.12. The second-order valence-electron chi connectivity index (χ2n) is 4.38. The highest BCUT2D eigenvalue weighted by Crippen LogP contribution is 2.33. The number of hydrogen-bond donors (Lipinski definition) is 2. The Morgan fingerprint density at radius 3 is 2.44 bits per heavy atom. The SMILES string of the molecule is COc1c(CC(C)(C)N)cc(F)c(O)c1F. The Bertz CT molecular complexity index is 400. The number of phenolic OH excluding ortho intramolecular Hbond substituents is 1. The number of halogens is 2. The van der Waals surface area contributed by atoms with E-state index in [-0.39, 0.29) is 12.2 Å². The first-order chi connectivity index (χ1) is 7.26. The molecule has 1 rings (SSSR count). The van der Waals surface area contributed by atoms with Crippen LogP contribution in [0.1, 0.15) is 19.4 Å². The summed E-state index contributed by atoms with van der Waals surface area (Å²) in [5.41, 5.74) is 5.44. The number of ether oxygens (including phenoxy) is 1. The van der Waals surface area contributed by atoms with Crippen molar-refractivity contribution in [2.75, 3.05) is 7.11 Å². The van der Waals surface area contributed by atoms with E-state index >= 15 is 0 Å². The third kappa shape index (κ3) is 2.61. The lowest BCUT2D eigenvalue weighted by molar-refractivity contribution is 0.342. The van der Waals surface area contributed by atoms with Gasteiger partial charge in [0.05, 0.1) is 7.11 Å². The minimum atomic E-state index is -1.10. The molecule has 0 fully saturated rings. The molecule has 0 aliphatic heterocycles. The summed E-state index contributed by atoms with van der Waals surface area (Å²) in [5, 5.41) is 9.08. The van der Waals surface area contributed by atoms with Crippen molar-refractivity contribution in [2.24, 2.45) is 5.73 Å². The zero-order valence-corrected chi connectivity index (χ0v) is 9.47. The van der Waals surface area contributed by atoms with Gasteiger partial charge in [0.1, 0.15) is 0 Å². The minimum absolute atomic E-state index is 0.169. The summed E-state index contributed by atoms with van der Waals surface area (Å²) in [6.45, 7) is 3.46.